The molecule has 0 aliphatic carbocycles. The van der Waals surface area contributed by atoms with E-state index >= 15 is 0 Å². The molecule has 0 aliphatic rings. The van der Waals surface area contributed by atoms with Crippen LogP contribution in [0.1, 0.15) is 11.5 Å². The highest BCUT2D eigenvalue weighted by molar-refractivity contribution is 5.74. The first-order chi connectivity index (χ1) is 7.04. The van der Waals surface area contributed by atoms with Gasteiger partial charge >= 0.3 is 6.03 Å². The van der Waals surface area contributed by atoms with Gasteiger partial charge in [-0.3, -0.25) is 10.9 Å². The largest absolute Gasteiger partial charge is 0.350 e. The van der Waals surface area contributed by atoms with E-state index in [1.54, 1.807) is 13.8 Å². The van der Waals surface area contributed by atoms with E-state index in [0.717, 1.165) is 0 Å². The van der Waals surface area contributed by atoms with Gasteiger partial charge in [0.2, 0.25) is 0 Å². The summed E-state index contributed by atoms with van der Waals surface area (Å²) in [6.07, 6.45) is 0. The third kappa shape index (κ3) is 2.59. The van der Waals surface area contributed by atoms with Crippen molar-refractivity contribution in [3.63, 3.8) is 0 Å². The summed E-state index contributed by atoms with van der Waals surface area (Å²) in [5, 5.41) is 2.76. The molecule has 0 saturated heterocycles. The number of urea groups is 1. The van der Waals surface area contributed by atoms with Crippen molar-refractivity contribution in [3.05, 3.63) is 16.4 Å². The van der Waals surface area contributed by atoms with Gasteiger partial charge in [-0.2, -0.15) is 0 Å². The normalized spacial score (nSPS) is 9.47. The van der Waals surface area contributed by atoms with E-state index in [1.807, 2.05) is 0 Å². The van der Waals surface area contributed by atoms with Crippen LogP contribution in [0.3, 0.4) is 0 Å². The number of hydrogen-bond donors (Lipinski definition) is 3. The molecule has 0 saturated carbocycles. The Morgan fingerprint density at radius 2 is 2.07 bits per heavy atom. The van der Waals surface area contributed by atoms with Crippen LogP contribution in [-0.4, -0.2) is 16.0 Å². The predicted molar refractivity (Wildman–Crippen MR) is 53.3 cm³/mol. The Morgan fingerprint density at radius 3 is 2.60 bits per heavy atom. The van der Waals surface area contributed by atoms with Crippen molar-refractivity contribution in [3.8, 4) is 0 Å². The molecule has 15 heavy (non-hydrogen) atoms. The molecule has 4 N–H and O–H groups in total. The van der Waals surface area contributed by atoms with Gasteiger partial charge in [-0.1, -0.05) is 0 Å². The molecule has 1 rings (SSSR count). The number of carbonyl (C=O) groups excluding carboxylic acids is 1. The van der Waals surface area contributed by atoms with Crippen molar-refractivity contribution in [1.29, 1.82) is 0 Å². The second-order valence-electron chi connectivity index (χ2n) is 2.76. The fourth-order valence-electron chi connectivity index (χ4n) is 1.02. The number of nitroso groups, excluding NO2 is 1. The summed E-state index contributed by atoms with van der Waals surface area (Å²) in [4.78, 5) is 28.8. The maximum absolute atomic E-state index is 10.5. The standard InChI is InChI=1S/C7H10N6O2/c1-3-5(13-15)6(10-4(2)9-3)11-12-7(8)14/h1-2H3,(H3,8,12,14)(H,9,10,11). The first-order valence-electron chi connectivity index (χ1n) is 4.04. The molecule has 2 amide bonds. The minimum absolute atomic E-state index is 0.0364. The van der Waals surface area contributed by atoms with E-state index in [-0.39, 0.29) is 11.5 Å². The number of nitrogens with zero attached hydrogens (tertiary/aromatic N) is 3. The Hall–Kier alpha value is -2.25. The summed E-state index contributed by atoms with van der Waals surface area (Å²) in [5.41, 5.74) is 9.77. The van der Waals surface area contributed by atoms with E-state index in [4.69, 9.17) is 5.73 Å². The molecule has 0 fully saturated rings. The van der Waals surface area contributed by atoms with Crippen molar-refractivity contribution in [2.75, 3.05) is 5.43 Å². The monoisotopic (exact) mass is 210 g/mol. The van der Waals surface area contributed by atoms with Crippen LogP contribution in [0.25, 0.3) is 0 Å². The van der Waals surface area contributed by atoms with Gasteiger partial charge in [0.25, 0.3) is 0 Å². The highest BCUT2D eigenvalue weighted by Crippen LogP contribution is 2.24. The van der Waals surface area contributed by atoms with Crippen LogP contribution in [-0.2, 0) is 0 Å². The molecule has 0 bridgehead atoms. The van der Waals surface area contributed by atoms with Crippen molar-refractivity contribution in [2.45, 2.75) is 13.8 Å². The minimum Gasteiger partial charge on any atom is -0.350 e. The number of aryl methyl sites for hydroxylation is 2. The lowest BCUT2D eigenvalue weighted by Crippen LogP contribution is -2.34. The number of primary amides is 1. The van der Waals surface area contributed by atoms with Crippen LogP contribution in [0.4, 0.5) is 16.3 Å². The minimum atomic E-state index is -0.791. The van der Waals surface area contributed by atoms with Crippen LogP contribution in [0.2, 0.25) is 0 Å². The lowest BCUT2D eigenvalue weighted by atomic mass is 10.3. The fraction of sp³-hybridized carbons (Fsp3) is 0.286. The number of amides is 2. The first kappa shape index (κ1) is 10.8. The van der Waals surface area contributed by atoms with Gasteiger partial charge in [0, 0.05) is 0 Å². The Labute approximate surface area is 85.2 Å². The molecular formula is C7H10N6O2. The number of aromatic nitrogens is 2. The smallest absolute Gasteiger partial charge is 0.330 e. The van der Waals surface area contributed by atoms with Gasteiger partial charge in [0.05, 0.1) is 5.69 Å². The fourth-order valence-corrected chi connectivity index (χ4v) is 1.02. The zero-order chi connectivity index (χ0) is 11.4. The van der Waals surface area contributed by atoms with Crippen LogP contribution in [0.15, 0.2) is 5.18 Å². The quantitative estimate of drug-likeness (QED) is 0.494. The summed E-state index contributed by atoms with van der Waals surface area (Å²) >= 11 is 0. The molecule has 0 spiro atoms. The van der Waals surface area contributed by atoms with Gasteiger partial charge < -0.3 is 5.73 Å². The summed E-state index contributed by atoms with van der Waals surface area (Å²) in [6, 6.07) is -0.791. The predicted octanol–water partition coefficient (Wildman–Crippen LogP) is 0.487. The average molecular weight is 210 g/mol. The number of hydrogen-bond acceptors (Lipinski definition) is 6. The lowest BCUT2D eigenvalue weighted by Gasteiger charge is -2.08. The second-order valence-corrected chi connectivity index (χ2v) is 2.76. The molecule has 8 nitrogen and oxygen atoms in total. The van der Waals surface area contributed by atoms with Gasteiger partial charge in [-0.25, -0.2) is 14.8 Å². The molecule has 80 valence electrons. The topological polar surface area (TPSA) is 122 Å². The third-order valence-electron chi connectivity index (χ3n) is 1.57. The molecule has 8 heteroatoms. The number of anilines is 1. The molecule has 1 aromatic heterocycles. The molecule has 0 aromatic carbocycles. The Morgan fingerprint density at radius 1 is 1.40 bits per heavy atom. The van der Waals surface area contributed by atoms with Crippen molar-refractivity contribution in [2.24, 2.45) is 10.9 Å². The molecule has 0 aliphatic heterocycles. The van der Waals surface area contributed by atoms with E-state index in [1.165, 1.54) is 0 Å². The van der Waals surface area contributed by atoms with E-state index < -0.39 is 6.03 Å². The van der Waals surface area contributed by atoms with Crippen LogP contribution in [0.5, 0.6) is 0 Å². The number of carbonyl (C=O) groups is 1. The van der Waals surface area contributed by atoms with Gasteiger partial charge in [-0.15, -0.1) is 4.91 Å². The zero-order valence-electron chi connectivity index (χ0n) is 8.24. The molecule has 0 radical (unpaired) electrons. The van der Waals surface area contributed by atoms with E-state index in [0.29, 0.717) is 11.5 Å². The van der Waals surface area contributed by atoms with Gasteiger partial charge in [-0.05, 0) is 19.0 Å². The van der Waals surface area contributed by atoms with E-state index in [9.17, 15) is 9.70 Å². The number of nitrogens with two attached hydrogens (primary N) is 1. The lowest BCUT2D eigenvalue weighted by molar-refractivity contribution is 0.250. The summed E-state index contributed by atoms with van der Waals surface area (Å²) in [5.74, 6) is 0.572. The van der Waals surface area contributed by atoms with Crippen molar-refractivity contribution < 1.29 is 4.79 Å². The number of nitrogens with one attached hydrogen (secondary N) is 2. The van der Waals surface area contributed by atoms with Crippen LogP contribution in [0, 0.1) is 18.8 Å². The molecule has 0 atom stereocenters. The van der Waals surface area contributed by atoms with Crippen LogP contribution < -0.4 is 16.6 Å². The number of hydrazine groups is 1. The van der Waals surface area contributed by atoms with Gasteiger partial charge in [0.1, 0.15) is 5.82 Å². The van der Waals surface area contributed by atoms with Crippen LogP contribution >= 0.6 is 0 Å². The summed E-state index contributed by atoms with van der Waals surface area (Å²) in [6.45, 7) is 3.26. The summed E-state index contributed by atoms with van der Waals surface area (Å²) in [7, 11) is 0. The third-order valence-corrected chi connectivity index (χ3v) is 1.57. The second kappa shape index (κ2) is 4.31. The molecule has 0 unspecified atom stereocenters. The Bertz CT molecular complexity index is 405. The van der Waals surface area contributed by atoms with Gasteiger partial charge in [0.15, 0.2) is 11.5 Å². The zero-order valence-corrected chi connectivity index (χ0v) is 8.24. The molecular weight excluding hydrogens is 200 g/mol. The highest BCUT2D eigenvalue weighted by Gasteiger charge is 2.10. The SMILES string of the molecule is Cc1nc(C)c(N=O)c(NNC(N)=O)n1. The summed E-state index contributed by atoms with van der Waals surface area (Å²) < 4.78 is 0. The molecule has 1 heterocycles. The highest BCUT2D eigenvalue weighted by atomic mass is 16.3. The van der Waals surface area contributed by atoms with E-state index in [2.05, 4.69) is 26.0 Å². The van der Waals surface area contributed by atoms with Crippen molar-refractivity contribution >= 4 is 17.5 Å². The number of rotatable bonds is 3. The Kier molecular flexibility index (Phi) is 3.11. The average Bonchev–Trinajstić information content (AvgIpc) is 2.13. The molecule has 1 aromatic rings. The first-order valence-corrected chi connectivity index (χ1v) is 4.04. The maximum Gasteiger partial charge on any atom is 0.330 e. The Balaban J connectivity index is 3.03. The maximum atomic E-state index is 10.5. The van der Waals surface area contributed by atoms with Crippen molar-refractivity contribution in [1.82, 2.24) is 15.4 Å².